The Hall–Kier alpha value is -3.28. The molecule has 164 valence electrons. The van der Waals surface area contributed by atoms with Crippen molar-refractivity contribution in [3.63, 3.8) is 0 Å². The van der Waals surface area contributed by atoms with E-state index >= 15 is 0 Å². The second kappa shape index (κ2) is 8.84. The van der Waals surface area contributed by atoms with Crippen molar-refractivity contribution in [1.29, 1.82) is 0 Å². The lowest BCUT2D eigenvalue weighted by atomic mass is 9.82. The van der Waals surface area contributed by atoms with Crippen molar-refractivity contribution in [2.75, 3.05) is 18.6 Å². The third kappa shape index (κ3) is 4.43. The maximum atomic E-state index is 13.3. The third-order valence-corrected chi connectivity index (χ3v) is 5.11. The van der Waals surface area contributed by atoms with Gasteiger partial charge in [-0.15, -0.1) is 0 Å². The fourth-order valence-corrected chi connectivity index (χ4v) is 3.58. The van der Waals surface area contributed by atoms with Crippen LogP contribution in [0.3, 0.4) is 0 Å². The highest BCUT2D eigenvalue weighted by Gasteiger charge is 2.46. The summed E-state index contributed by atoms with van der Waals surface area (Å²) in [6.07, 6.45) is 0.853. The minimum atomic E-state index is -0.782. The summed E-state index contributed by atoms with van der Waals surface area (Å²) in [5.41, 5.74) is 0.521. The van der Waals surface area contributed by atoms with Crippen molar-refractivity contribution in [3.05, 3.63) is 65.4 Å². The van der Waals surface area contributed by atoms with Gasteiger partial charge in [0.15, 0.2) is 11.5 Å². The number of methoxy groups -OCH3 is 1. The molecule has 2 aromatic rings. The molecule has 1 atom stereocenters. The number of ether oxygens (including phenoxy) is 2. The van der Waals surface area contributed by atoms with Crippen LogP contribution >= 0.6 is 0 Å². The maximum absolute atomic E-state index is 13.3. The van der Waals surface area contributed by atoms with Crippen molar-refractivity contribution in [2.45, 2.75) is 40.2 Å². The summed E-state index contributed by atoms with van der Waals surface area (Å²) in [4.78, 5) is 27.9. The maximum Gasteiger partial charge on any atom is 0.294 e. The number of aliphatic hydroxyl groups excluding tert-OH is 1. The molecule has 31 heavy (non-hydrogen) atoms. The van der Waals surface area contributed by atoms with Gasteiger partial charge in [0, 0.05) is 17.2 Å². The summed E-state index contributed by atoms with van der Waals surface area (Å²) < 4.78 is 11.1. The number of rotatable bonds is 7. The van der Waals surface area contributed by atoms with Crippen LogP contribution in [0.5, 0.6) is 11.5 Å². The number of ketones is 1. The predicted molar refractivity (Wildman–Crippen MR) is 120 cm³/mol. The van der Waals surface area contributed by atoms with E-state index in [9.17, 15) is 14.7 Å². The topological polar surface area (TPSA) is 76.1 Å². The Balaban J connectivity index is 2.16. The summed E-state index contributed by atoms with van der Waals surface area (Å²) in [5, 5.41) is 10.8. The lowest BCUT2D eigenvalue weighted by Gasteiger charge is -2.29. The molecule has 0 aliphatic carbocycles. The third-order valence-electron chi connectivity index (χ3n) is 5.11. The Kier molecular flexibility index (Phi) is 6.39. The Morgan fingerprint density at radius 2 is 1.77 bits per heavy atom. The molecule has 0 bridgehead atoms. The molecule has 0 saturated carbocycles. The predicted octanol–water partition coefficient (Wildman–Crippen LogP) is 5.00. The first-order valence-electron chi connectivity index (χ1n) is 10.4. The SMILES string of the molecule is CCCOc1cccc(N2C(=O)C(O)=C(C(=O)C(C)(C)C)C2c2cccc(OC)c2)c1. The monoisotopic (exact) mass is 423 g/mol. The van der Waals surface area contributed by atoms with Crippen LogP contribution in [0.1, 0.15) is 45.7 Å². The number of carbonyl (C=O) groups excluding carboxylic acids is 2. The van der Waals surface area contributed by atoms with Crippen LogP contribution < -0.4 is 14.4 Å². The summed E-state index contributed by atoms with van der Waals surface area (Å²) in [5.74, 6) is -0.210. The zero-order chi connectivity index (χ0) is 22.8. The number of hydrogen-bond acceptors (Lipinski definition) is 5. The van der Waals surface area contributed by atoms with Crippen molar-refractivity contribution in [2.24, 2.45) is 5.41 Å². The van der Waals surface area contributed by atoms with Gasteiger partial charge >= 0.3 is 0 Å². The van der Waals surface area contributed by atoms with Gasteiger partial charge in [-0.05, 0) is 36.2 Å². The minimum Gasteiger partial charge on any atom is -0.503 e. The molecule has 1 aliphatic rings. The molecule has 1 aliphatic heterocycles. The summed E-state index contributed by atoms with van der Waals surface area (Å²) in [6.45, 7) is 7.87. The summed E-state index contributed by atoms with van der Waals surface area (Å²) in [7, 11) is 1.56. The number of amides is 1. The van der Waals surface area contributed by atoms with Crippen LogP contribution in [0.2, 0.25) is 0 Å². The first-order chi connectivity index (χ1) is 14.7. The van der Waals surface area contributed by atoms with Gasteiger partial charge in [0.05, 0.1) is 25.3 Å². The van der Waals surface area contributed by atoms with E-state index in [0.29, 0.717) is 29.4 Å². The van der Waals surface area contributed by atoms with Gasteiger partial charge in [-0.2, -0.15) is 0 Å². The molecule has 2 aromatic carbocycles. The highest BCUT2D eigenvalue weighted by Crippen LogP contribution is 2.44. The van der Waals surface area contributed by atoms with E-state index in [4.69, 9.17) is 9.47 Å². The lowest BCUT2D eigenvalue weighted by molar-refractivity contribution is -0.123. The van der Waals surface area contributed by atoms with E-state index in [1.165, 1.54) is 4.90 Å². The van der Waals surface area contributed by atoms with Gasteiger partial charge in [0.1, 0.15) is 11.5 Å². The van der Waals surface area contributed by atoms with Crippen LogP contribution in [0.15, 0.2) is 59.9 Å². The van der Waals surface area contributed by atoms with Crippen molar-refractivity contribution in [1.82, 2.24) is 0 Å². The molecule has 0 spiro atoms. The lowest BCUT2D eigenvalue weighted by Crippen LogP contribution is -2.32. The average Bonchev–Trinajstić information content (AvgIpc) is 3.02. The molecular formula is C25H29NO5. The second-order valence-corrected chi connectivity index (χ2v) is 8.54. The first kappa shape index (κ1) is 22.4. The summed E-state index contributed by atoms with van der Waals surface area (Å²) in [6, 6.07) is 13.5. The van der Waals surface area contributed by atoms with Gasteiger partial charge in [0.25, 0.3) is 5.91 Å². The van der Waals surface area contributed by atoms with Crippen molar-refractivity contribution < 1.29 is 24.2 Å². The minimum absolute atomic E-state index is 0.0885. The molecule has 6 heteroatoms. The van der Waals surface area contributed by atoms with Crippen molar-refractivity contribution >= 4 is 17.4 Å². The molecule has 0 radical (unpaired) electrons. The van der Waals surface area contributed by atoms with Crippen LogP contribution in [0.25, 0.3) is 0 Å². The van der Waals surface area contributed by atoms with Gasteiger partial charge in [-0.25, -0.2) is 0 Å². The second-order valence-electron chi connectivity index (χ2n) is 8.54. The van der Waals surface area contributed by atoms with Gasteiger partial charge in [0.2, 0.25) is 0 Å². The molecule has 0 fully saturated rings. The smallest absolute Gasteiger partial charge is 0.294 e. The fraction of sp³-hybridized carbons (Fsp3) is 0.360. The van der Waals surface area contributed by atoms with Crippen LogP contribution in [0.4, 0.5) is 5.69 Å². The zero-order valence-electron chi connectivity index (χ0n) is 18.6. The number of hydrogen-bond donors (Lipinski definition) is 1. The highest BCUT2D eigenvalue weighted by molar-refractivity contribution is 6.17. The molecular weight excluding hydrogens is 394 g/mol. The largest absolute Gasteiger partial charge is 0.503 e. The highest BCUT2D eigenvalue weighted by atomic mass is 16.5. The van der Waals surface area contributed by atoms with Crippen LogP contribution in [0, 0.1) is 5.41 Å². The summed E-state index contributed by atoms with van der Waals surface area (Å²) >= 11 is 0. The molecule has 1 N–H and O–H groups in total. The van der Waals surface area contributed by atoms with E-state index in [2.05, 4.69) is 0 Å². The zero-order valence-corrected chi connectivity index (χ0v) is 18.6. The normalized spacial score (nSPS) is 16.6. The molecule has 3 rings (SSSR count). The fourth-order valence-electron chi connectivity index (χ4n) is 3.58. The standard InChI is InChI=1S/C25H29NO5/c1-6-13-31-19-12-8-10-17(15-19)26-21(16-9-7-11-18(14-16)30-5)20(22(27)24(26)29)23(28)25(2,3)4/h7-12,14-15,21,27H,6,13H2,1-5H3. The van der Waals surface area contributed by atoms with Crippen LogP contribution in [-0.2, 0) is 9.59 Å². The molecule has 0 aromatic heterocycles. The Labute approximate surface area is 183 Å². The number of nitrogens with zero attached hydrogens (tertiary/aromatic N) is 1. The van der Waals surface area contributed by atoms with E-state index < -0.39 is 23.1 Å². The number of anilines is 1. The van der Waals surface area contributed by atoms with Gasteiger partial charge < -0.3 is 14.6 Å². The van der Waals surface area contributed by atoms with E-state index in [1.807, 2.05) is 19.1 Å². The molecule has 6 nitrogen and oxygen atoms in total. The molecule has 1 amide bonds. The number of aliphatic hydroxyl groups is 1. The van der Waals surface area contributed by atoms with Gasteiger partial charge in [-0.3, -0.25) is 14.5 Å². The van der Waals surface area contributed by atoms with E-state index in [0.717, 1.165) is 6.42 Å². The van der Waals surface area contributed by atoms with E-state index in [1.54, 1.807) is 64.3 Å². The molecule has 1 heterocycles. The van der Waals surface area contributed by atoms with Crippen molar-refractivity contribution in [3.8, 4) is 11.5 Å². The number of Topliss-reactive ketones (excluding diaryl/α,β-unsaturated/α-hetero) is 1. The Morgan fingerprint density at radius 1 is 1.10 bits per heavy atom. The Bertz CT molecular complexity index is 1020. The quantitative estimate of drug-likeness (QED) is 0.678. The molecule has 0 saturated heterocycles. The average molecular weight is 424 g/mol. The number of carbonyl (C=O) groups is 2. The van der Waals surface area contributed by atoms with Crippen LogP contribution in [-0.4, -0.2) is 30.5 Å². The molecule has 1 unspecified atom stereocenters. The van der Waals surface area contributed by atoms with Gasteiger partial charge in [-0.1, -0.05) is 45.9 Å². The number of benzene rings is 2. The van der Waals surface area contributed by atoms with E-state index in [-0.39, 0.29) is 11.4 Å². The Morgan fingerprint density at radius 3 is 2.42 bits per heavy atom. The first-order valence-corrected chi connectivity index (χ1v) is 10.4.